The summed E-state index contributed by atoms with van der Waals surface area (Å²) in [5.74, 6) is 0. The van der Waals surface area contributed by atoms with Crippen LogP contribution in [-0.4, -0.2) is 43.1 Å². The predicted octanol–water partition coefficient (Wildman–Crippen LogP) is 0.464. The van der Waals surface area contributed by atoms with Gasteiger partial charge in [-0.15, -0.1) is 0 Å². The van der Waals surface area contributed by atoms with Gasteiger partial charge >= 0.3 is 0 Å². The van der Waals surface area contributed by atoms with Gasteiger partial charge in [-0.2, -0.15) is 0 Å². The Balaban J connectivity index is 0.000000453. The summed E-state index contributed by atoms with van der Waals surface area (Å²) >= 11 is 0. The molecule has 6 heteroatoms. The number of ether oxygens (including phenoxy) is 1. The van der Waals surface area contributed by atoms with Gasteiger partial charge in [0.2, 0.25) is 0 Å². The van der Waals surface area contributed by atoms with Crippen molar-refractivity contribution in [3.05, 3.63) is 18.2 Å². The van der Waals surface area contributed by atoms with E-state index in [2.05, 4.69) is 19.6 Å². The molecule has 0 unspecified atom stereocenters. The van der Waals surface area contributed by atoms with Gasteiger partial charge in [0.05, 0.1) is 7.11 Å². The Hall–Kier alpha value is -0.698. The molecule has 0 radical (unpaired) electrons. The van der Waals surface area contributed by atoms with Crippen molar-refractivity contribution in [3.63, 3.8) is 0 Å². The molecule has 17 heavy (non-hydrogen) atoms. The van der Waals surface area contributed by atoms with Gasteiger partial charge in [-0.05, 0) is 32.4 Å². The number of likely N-dealkylation sites (tertiary alicyclic amines) is 1. The normalized spacial score (nSPS) is 14.4. The Morgan fingerprint density at radius 3 is 2.65 bits per heavy atom. The fourth-order valence-electron chi connectivity index (χ4n) is 1.67. The predicted molar refractivity (Wildman–Crippen MR) is 60.0 cm³/mol. The van der Waals surface area contributed by atoms with Gasteiger partial charge in [-0.1, -0.05) is 18.2 Å². The van der Waals surface area contributed by atoms with Crippen molar-refractivity contribution in [1.82, 2.24) is 14.9 Å². The van der Waals surface area contributed by atoms with Gasteiger partial charge in [-0.25, -0.2) is 0 Å². The molecule has 1 aromatic heterocycles. The van der Waals surface area contributed by atoms with Crippen LogP contribution in [0.2, 0.25) is 0 Å². The van der Waals surface area contributed by atoms with E-state index in [0.29, 0.717) is 6.47 Å². The Morgan fingerprint density at radius 1 is 1.53 bits per heavy atom. The summed E-state index contributed by atoms with van der Waals surface area (Å²) in [6.45, 7) is 4.07. The Kier molecular flexibility index (Phi) is 10.0. The molecular weight excluding hydrogens is 313 g/mol. The van der Waals surface area contributed by atoms with Crippen molar-refractivity contribution in [2.45, 2.75) is 19.3 Å². The molecule has 0 atom stereocenters. The fourth-order valence-corrected chi connectivity index (χ4v) is 1.67. The van der Waals surface area contributed by atoms with E-state index in [1.807, 2.05) is 6.20 Å². The number of imidazole rings is 1. The van der Waals surface area contributed by atoms with E-state index in [-0.39, 0.29) is 20.4 Å². The largest absolute Gasteiger partial charge is 0.471 e. The van der Waals surface area contributed by atoms with Gasteiger partial charge in [0.1, 0.15) is 0 Å². The smallest absolute Gasteiger partial charge is 0.292 e. The number of carbonyl (C=O) groups is 1. The van der Waals surface area contributed by atoms with Crippen LogP contribution >= 0.6 is 0 Å². The van der Waals surface area contributed by atoms with Crippen molar-refractivity contribution < 1.29 is 30.0 Å². The van der Waals surface area contributed by atoms with Crippen LogP contribution < -0.4 is 4.98 Å². The summed E-state index contributed by atoms with van der Waals surface area (Å²) in [5.41, 5.74) is 1.13. The monoisotopic (exact) mass is 330 g/mol. The van der Waals surface area contributed by atoms with E-state index in [1.54, 1.807) is 6.33 Å². The van der Waals surface area contributed by atoms with E-state index in [4.69, 9.17) is 4.79 Å². The molecule has 100 valence electrons. The number of carbonyl (C=O) groups excluding carboxylic acids is 1. The maximum Gasteiger partial charge on any atom is 0.292 e. The van der Waals surface area contributed by atoms with Crippen molar-refractivity contribution >= 4 is 6.47 Å². The zero-order chi connectivity index (χ0) is 11.6. The van der Waals surface area contributed by atoms with E-state index in [0.717, 1.165) is 18.7 Å². The number of aromatic nitrogens is 2. The fraction of sp³-hybridized carbons (Fsp3) is 0.636. The molecule has 1 saturated heterocycles. The molecule has 2 heterocycles. The third kappa shape index (κ3) is 7.27. The van der Waals surface area contributed by atoms with Crippen molar-refractivity contribution in [2.75, 3.05) is 26.7 Å². The second kappa shape index (κ2) is 10.5. The third-order valence-corrected chi connectivity index (χ3v) is 2.49. The molecule has 0 saturated carbocycles. The maximum atomic E-state index is 8.95. The van der Waals surface area contributed by atoms with Crippen LogP contribution in [0.3, 0.4) is 0 Å². The molecule has 0 aromatic carbocycles. The first-order valence-electron chi connectivity index (χ1n) is 5.47. The molecule has 0 bridgehead atoms. The van der Waals surface area contributed by atoms with Crippen LogP contribution in [0, 0.1) is 0 Å². The van der Waals surface area contributed by atoms with Gasteiger partial charge in [0.15, 0.2) is 0 Å². The first kappa shape index (κ1) is 16.3. The van der Waals surface area contributed by atoms with Crippen LogP contribution in [0.4, 0.5) is 0 Å². The molecule has 1 aromatic rings. The number of rotatable bonds is 4. The minimum Gasteiger partial charge on any atom is -0.471 e. The van der Waals surface area contributed by atoms with E-state index >= 15 is 0 Å². The Bertz CT molecular complexity index is 274. The molecule has 0 amide bonds. The minimum absolute atomic E-state index is 0. The number of methoxy groups -OCH3 is 1. The molecule has 5 nitrogen and oxygen atoms in total. The molecule has 2 rings (SSSR count). The van der Waals surface area contributed by atoms with Crippen molar-refractivity contribution in [3.8, 4) is 0 Å². The van der Waals surface area contributed by atoms with Crippen molar-refractivity contribution in [1.29, 1.82) is 0 Å². The molecule has 1 aliphatic heterocycles. The second-order valence-corrected chi connectivity index (χ2v) is 3.64. The summed E-state index contributed by atoms with van der Waals surface area (Å²) in [7, 11) is 1.31. The Labute approximate surface area is 116 Å². The van der Waals surface area contributed by atoms with Crippen LogP contribution in [0.5, 0.6) is 0 Å². The van der Waals surface area contributed by atoms with Crippen LogP contribution in [0.25, 0.3) is 0 Å². The minimum atomic E-state index is 0. The summed E-state index contributed by atoms with van der Waals surface area (Å²) in [6, 6.07) is 0. The van der Waals surface area contributed by atoms with Gasteiger partial charge < -0.3 is 19.6 Å². The third-order valence-electron chi connectivity index (χ3n) is 2.49. The molecular formula is C11H18N3O2Pd-. The summed E-state index contributed by atoms with van der Waals surface area (Å²) in [5, 5.41) is 0. The molecule has 0 spiro atoms. The summed E-state index contributed by atoms with van der Waals surface area (Å²) < 4.78 is 3.86. The zero-order valence-electron chi connectivity index (χ0n) is 9.95. The molecule has 0 N–H and O–H groups in total. The SMILES string of the molecule is COC=O.[Pd].c1ncc(CCN2CCCC2)[n-]1. The van der Waals surface area contributed by atoms with Gasteiger partial charge in [0, 0.05) is 27.0 Å². The Morgan fingerprint density at radius 2 is 2.18 bits per heavy atom. The quantitative estimate of drug-likeness (QED) is 0.593. The summed E-state index contributed by atoms with van der Waals surface area (Å²) in [6.07, 6.45) is 7.27. The first-order valence-corrected chi connectivity index (χ1v) is 5.47. The second-order valence-electron chi connectivity index (χ2n) is 3.64. The zero-order valence-corrected chi connectivity index (χ0v) is 11.5. The molecule has 1 fully saturated rings. The first-order chi connectivity index (χ1) is 7.86. The van der Waals surface area contributed by atoms with E-state index in [9.17, 15) is 0 Å². The number of hydrogen-bond acceptors (Lipinski definition) is 4. The summed E-state index contributed by atoms with van der Waals surface area (Å²) in [4.78, 5) is 19.5. The van der Waals surface area contributed by atoms with Crippen LogP contribution in [-0.2, 0) is 36.4 Å². The standard InChI is InChI=1S/C9H14N3.C2H4O2.Pd/c1-2-5-12(4-1)6-3-9-7-10-8-11-9;1-4-2-3;/h7-8H,1-6H2;2H,1H3;/q-1;;. The number of hydrogen-bond donors (Lipinski definition) is 0. The maximum absolute atomic E-state index is 8.95. The molecule has 0 aliphatic carbocycles. The van der Waals surface area contributed by atoms with E-state index in [1.165, 1.54) is 33.0 Å². The van der Waals surface area contributed by atoms with Gasteiger partial charge in [-0.3, -0.25) is 4.79 Å². The van der Waals surface area contributed by atoms with Gasteiger partial charge in [0.25, 0.3) is 6.47 Å². The molecule has 1 aliphatic rings. The van der Waals surface area contributed by atoms with Crippen LogP contribution in [0.15, 0.2) is 12.5 Å². The van der Waals surface area contributed by atoms with Crippen molar-refractivity contribution in [2.24, 2.45) is 0 Å². The average Bonchev–Trinajstić information content (AvgIpc) is 2.99. The van der Waals surface area contributed by atoms with Crippen LogP contribution in [0.1, 0.15) is 18.5 Å². The topological polar surface area (TPSA) is 56.5 Å². The van der Waals surface area contributed by atoms with E-state index < -0.39 is 0 Å². The number of nitrogens with zero attached hydrogens (tertiary/aromatic N) is 3. The average molecular weight is 331 g/mol.